The van der Waals surface area contributed by atoms with Gasteiger partial charge in [0.25, 0.3) is 0 Å². The number of imidazole rings is 1. The lowest BCUT2D eigenvalue weighted by molar-refractivity contribution is 0.714. The highest BCUT2D eigenvalue weighted by Crippen LogP contribution is 2.28. The first-order valence-corrected chi connectivity index (χ1v) is 6.68. The van der Waals surface area contributed by atoms with Crippen LogP contribution in [0.1, 0.15) is 25.5 Å². The smallest absolute Gasteiger partial charge is 0.152 e. The molecule has 1 fully saturated rings. The van der Waals surface area contributed by atoms with Crippen LogP contribution in [-0.4, -0.2) is 29.0 Å². The van der Waals surface area contributed by atoms with E-state index in [0.717, 1.165) is 24.6 Å². The van der Waals surface area contributed by atoms with Gasteiger partial charge in [0.15, 0.2) is 5.82 Å². The van der Waals surface area contributed by atoms with Gasteiger partial charge in [-0.15, -0.1) is 0 Å². The van der Waals surface area contributed by atoms with E-state index in [1.807, 2.05) is 13.1 Å². The molecule has 96 valence electrons. The molecule has 18 heavy (non-hydrogen) atoms. The maximum Gasteiger partial charge on any atom is 0.152 e. The molecule has 1 atom stereocenters. The summed E-state index contributed by atoms with van der Waals surface area (Å²) in [6.45, 7) is 4.27. The van der Waals surface area contributed by atoms with E-state index in [2.05, 4.69) is 39.9 Å². The van der Waals surface area contributed by atoms with Crippen molar-refractivity contribution in [1.29, 1.82) is 0 Å². The topological polar surface area (TPSA) is 32.6 Å². The zero-order valence-electron chi connectivity index (χ0n) is 11.1. The first-order chi connectivity index (χ1) is 8.81. The molecule has 0 spiro atoms. The van der Waals surface area contributed by atoms with Crippen molar-refractivity contribution in [1.82, 2.24) is 14.7 Å². The number of hydrogen-bond acceptors (Lipinski definition) is 3. The number of pyridine rings is 1. The molecule has 0 saturated carbocycles. The molecular weight excluding hydrogens is 224 g/mol. The van der Waals surface area contributed by atoms with Crippen molar-refractivity contribution in [2.24, 2.45) is 0 Å². The average Bonchev–Trinajstić information content (AvgIpc) is 2.94. The Balaban J connectivity index is 2.12. The van der Waals surface area contributed by atoms with Crippen molar-refractivity contribution < 1.29 is 0 Å². The van der Waals surface area contributed by atoms with E-state index >= 15 is 0 Å². The molecule has 1 saturated heterocycles. The van der Waals surface area contributed by atoms with E-state index in [0.29, 0.717) is 6.04 Å². The molecule has 1 aliphatic rings. The van der Waals surface area contributed by atoms with Crippen LogP contribution < -0.4 is 10.2 Å². The highest BCUT2D eigenvalue weighted by Gasteiger charge is 2.25. The van der Waals surface area contributed by atoms with Gasteiger partial charge in [-0.2, -0.15) is 0 Å². The van der Waals surface area contributed by atoms with Crippen LogP contribution in [0.3, 0.4) is 0 Å². The zero-order chi connectivity index (χ0) is 12.5. The monoisotopic (exact) mass is 244 g/mol. The van der Waals surface area contributed by atoms with Crippen molar-refractivity contribution in [2.75, 3.05) is 18.5 Å². The Bertz CT molecular complexity index is 546. The predicted octanol–water partition coefficient (Wildman–Crippen LogP) is 2.04. The molecule has 0 amide bonds. The van der Waals surface area contributed by atoms with Gasteiger partial charge in [0, 0.05) is 25.3 Å². The minimum Gasteiger partial charge on any atom is -0.352 e. The summed E-state index contributed by atoms with van der Waals surface area (Å²) in [5.41, 5.74) is 2.30. The average molecular weight is 244 g/mol. The van der Waals surface area contributed by atoms with Gasteiger partial charge in [-0.25, -0.2) is 4.98 Å². The Kier molecular flexibility index (Phi) is 2.96. The first kappa shape index (κ1) is 11.5. The van der Waals surface area contributed by atoms with Crippen LogP contribution in [0.4, 0.5) is 5.82 Å². The number of hydrogen-bond donors (Lipinski definition) is 1. The third-order valence-electron chi connectivity index (χ3n) is 3.78. The molecule has 3 rings (SSSR count). The van der Waals surface area contributed by atoms with Gasteiger partial charge < -0.3 is 14.6 Å². The minimum atomic E-state index is 0.602. The summed E-state index contributed by atoms with van der Waals surface area (Å²) in [4.78, 5) is 7.26. The maximum atomic E-state index is 4.81. The van der Waals surface area contributed by atoms with Gasteiger partial charge >= 0.3 is 0 Å². The molecule has 1 N–H and O–H groups in total. The van der Waals surface area contributed by atoms with Crippen LogP contribution in [0.2, 0.25) is 0 Å². The lowest BCUT2D eigenvalue weighted by Crippen LogP contribution is -2.28. The van der Waals surface area contributed by atoms with Crippen LogP contribution in [0.15, 0.2) is 24.4 Å². The second kappa shape index (κ2) is 4.61. The molecule has 0 radical (unpaired) electrons. The van der Waals surface area contributed by atoms with Gasteiger partial charge in [-0.1, -0.05) is 6.07 Å². The first-order valence-electron chi connectivity index (χ1n) is 6.68. The fraction of sp³-hybridized carbons (Fsp3) is 0.500. The Morgan fingerprint density at radius 2 is 2.33 bits per heavy atom. The van der Waals surface area contributed by atoms with Crippen molar-refractivity contribution in [3.05, 3.63) is 30.1 Å². The third-order valence-corrected chi connectivity index (χ3v) is 3.78. The summed E-state index contributed by atoms with van der Waals surface area (Å²) in [5.74, 6) is 1.15. The standard InChI is InChI=1S/C14H20N4/c1-11-6-5-9-17(11)14-12(10-15-2)18-8-4-3-7-13(18)16-14/h3-4,7-8,11,15H,5-6,9-10H2,1-2H3. The Labute approximate surface area is 108 Å². The molecule has 3 heterocycles. The van der Waals surface area contributed by atoms with Gasteiger partial charge in [-0.05, 0) is 38.9 Å². The quantitative estimate of drug-likeness (QED) is 0.897. The van der Waals surface area contributed by atoms with E-state index in [1.54, 1.807) is 0 Å². The van der Waals surface area contributed by atoms with Crippen LogP contribution in [0.5, 0.6) is 0 Å². The second-order valence-electron chi connectivity index (χ2n) is 5.03. The largest absolute Gasteiger partial charge is 0.352 e. The van der Waals surface area contributed by atoms with Gasteiger partial charge in [0.2, 0.25) is 0 Å². The summed E-state index contributed by atoms with van der Waals surface area (Å²) in [5, 5.41) is 3.25. The number of anilines is 1. The number of fused-ring (bicyclic) bond motifs is 1. The summed E-state index contributed by atoms with van der Waals surface area (Å²) in [7, 11) is 1.99. The fourth-order valence-corrected chi connectivity index (χ4v) is 2.84. The second-order valence-corrected chi connectivity index (χ2v) is 5.03. The number of aromatic nitrogens is 2. The summed E-state index contributed by atoms with van der Waals surface area (Å²) in [6, 6.07) is 6.78. The summed E-state index contributed by atoms with van der Waals surface area (Å²) < 4.78 is 2.19. The molecule has 1 unspecified atom stereocenters. The molecule has 2 aromatic rings. The van der Waals surface area contributed by atoms with E-state index in [-0.39, 0.29) is 0 Å². The molecule has 2 aromatic heterocycles. The number of rotatable bonds is 3. The van der Waals surface area contributed by atoms with Crippen LogP contribution in [0, 0.1) is 0 Å². The minimum absolute atomic E-state index is 0.602. The highest BCUT2D eigenvalue weighted by molar-refractivity contribution is 5.56. The summed E-state index contributed by atoms with van der Waals surface area (Å²) in [6.07, 6.45) is 4.64. The molecule has 0 aromatic carbocycles. The van der Waals surface area contributed by atoms with Crippen LogP contribution in [-0.2, 0) is 6.54 Å². The molecule has 0 aliphatic carbocycles. The van der Waals surface area contributed by atoms with Crippen molar-refractivity contribution in [3.63, 3.8) is 0 Å². The van der Waals surface area contributed by atoms with Gasteiger partial charge in [0.1, 0.15) is 5.65 Å². The third kappa shape index (κ3) is 1.77. The SMILES string of the molecule is CNCc1c(N2CCCC2C)nc2ccccn12. The zero-order valence-corrected chi connectivity index (χ0v) is 11.1. The predicted molar refractivity (Wildman–Crippen MR) is 74.0 cm³/mol. The van der Waals surface area contributed by atoms with Gasteiger partial charge in [0.05, 0.1) is 5.69 Å². The normalized spacial score (nSPS) is 19.9. The Morgan fingerprint density at radius 1 is 1.44 bits per heavy atom. The van der Waals surface area contributed by atoms with Crippen molar-refractivity contribution >= 4 is 11.5 Å². The lowest BCUT2D eigenvalue weighted by Gasteiger charge is -2.22. The molecule has 1 aliphatic heterocycles. The van der Waals surface area contributed by atoms with E-state index in [1.165, 1.54) is 18.5 Å². The van der Waals surface area contributed by atoms with E-state index in [9.17, 15) is 0 Å². The van der Waals surface area contributed by atoms with E-state index < -0.39 is 0 Å². The highest BCUT2D eigenvalue weighted by atomic mass is 15.3. The van der Waals surface area contributed by atoms with Crippen molar-refractivity contribution in [3.8, 4) is 0 Å². The fourth-order valence-electron chi connectivity index (χ4n) is 2.84. The lowest BCUT2D eigenvalue weighted by atomic mass is 10.2. The maximum absolute atomic E-state index is 4.81. The van der Waals surface area contributed by atoms with Crippen molar-refractivity contribution in [2.45, 2.75) is 32.4 Å². The Morgan fingerprint density at radius 3 is 3.06 bits per heavy atom. The van der Waals surface area contributed by atoms with Crippen LogP contribution in [0.25, 0.3) is 5.65 Å². The number of nitrogens with one attached hydrogen (secondary N) is 1. The Hall–Kier alpha value is -1.55. The van der Waals surface area contributed by atoms with Gasteiger partial charge in [-0.3, -0.25) is 0 Å². The molecule has 0 bridgehead atoms. The molecular formula is C14H20N4. The summed E-state index contributed by atoms with van der Waals surface area (Å²) >= 11 is 0. The van der Waals surface area contributed by atoms with Crippen LogP contribution >= 0.6 is 0 Å². The number of nitrogens with zero attached hydrogens (tertiary/aromatic N) is 3. The molecule has 4 heteroatoms. The van der Waals surface area contributed by atoms with E-state index in [4.69, 9.17) is 4.98 Å². The molecule has 4 nitrogen and oxygen atoms in total.